The van der Waals surface area contributed by atoms with Crippen molar-refractivity contribution in [2.75, 3.05) is 32.7 Å². The number of nitrogens with zero attached hydrogens (tertiary/aromatic N) is 4. The summed E-state index contributed by atoms with van der Waals surface area (Å²) in [5, 5.41) is 5.49. The maximum absolute atomic E-state index is 12.8. The maximum atomic E-state index is 12.8. The molecule has 0 spiro atoms. The van der Waals surface area contributed by atoms with Crippen molar-refractivity contribution < 1.29 is 9.32 Å². The first-order valence-electron chi connectivity index (χ1n) is 10.5. The Bertz CT molecular complexity index is 1040. The highest BCUT2D eigenvalue weighted by atomic mass is 16.5. The fourth-order valence-electron chi connectivity index (χ4n) is 4.58. The molecule has 6 heteroatoms. The summed E-state index contributed by atoms with van der Waals surface area (Å²) in [6, 6.07) is 12.1. The molecule has 2 aliphatic rings. The van der Waals surface area contributed by atoms with Gasteiger partial charge in [-0.15, -0.1) is 0 Å². The van der Waals surface area contributed by atoms with E-state index in [1.54, 1.807) is 0 Å². The molecule has 2 aromatic heterocycles. The number of amides is 1. The van der Waals surface area contributed by atoms with Crippen molar-refractivity contribution >= 4 is 16.9 Å². The molecule has 6 nitrogen and oxygen atoms in total. The van der Waals surface area contributed by atoms with E-state index in [-0.39, 0.29) is 5.91 Å². The molecule has 2 aliphatic heterocycles. The maximum Gasteiger partial charge on any atom is 0.272 e. The summed E-state index contributed by atoms with van der Waals surface area (Å²) >= 11 is 0. The van der Waals surface area contributed by atoms with Gasteiger partial charge in [0.2, 0.25) is 0 Å². The van der Waals surface area contributed by atoms with Crippen LogP contribution in [-0.4, -0.2) is 58.6 Å². The number of aryl methyl sites for hydroxylation is 1. The molecule has 1 amide bonds. The highest BCUT2D eigenvalue weighted by Crippen LogP contribution is 2.32. The molecule has 0 radical (unpaired) electrons. The van der Waals surface area contributed by atoms with Crippen LogP contribution in [0.1, 0.15) is 46.2 Å². The summed E-state index contributed by atoms with van der Waals surface area (Å²) < 4.78 is 5.49. The lowest BCUT2D eigenvalue weighted by molar-refractivity contribution is 0.0703. The van der Waals surface area contributed by atoms with Crippen LogP contribution in [0.4, 0.5) is 0 Å². The van der Waals surface area contributed by atoms with Crippen molar-refractivity contribution in [3.05, 3.63) is 59.0 Å². The predicted molar refractivity (Wildman–Crippen MR) is 111 cm³/mol. The zero-order valence-electron chi connectivity index (χ0n) is 16.8. The summed E-state index contributed by atoms with van der Waals surface area (Å²) in [5.74, 6) is 0.532. The molecule has 0 saturated carbocycles. The molecule has 1 aromatic carbocycles. The van der Waals surface area contributed by atoms with Crippen LogP contribution < -0.4 is 0 Å². The van der Waals surface area contributed by atoms with E-state index in [1.807, 2.05) is 42.2 Å². The fourth-order valence-corrected chi connectivity index (χ4v) is 4.58. The van der Waals surface area contributed by atoms with Crippen molar-refractivity contribution in [2.45, 2.75) is 32.1 Å². The van der Waals surface area contributed by atoms with Gasteiger partial charge in [0.25, 0.3) is 5.91 Å². The molecule has 3 aromatic rings. The summed E-state index contributed by atoms with van der Waals surface area (Å²) in [5.41, 5.74) is 4.61. The number of carbonyl (C=O) groups excluding carboxylic acids is 1. The van der Waals surface area contributed by atoms with Gasteiger partial charge in [-0.2, -0.15) is 0 Å². The third kappa shape index (κ3) is 3.53. The molecule has 5 rings (SSSR count). The van der Waals surface area contributed by atoms with Crippen molar-refractivity contribution in [3.63, 3.8) is 0 Å². The molecule has 0 aliphatic carbocycles. The van der Waals surface area contributed by atoms with Crippen LogP contribution >= 0.6 is 0 Å². The minimum atomic E-state index is 0.0823. The zero-order valence-corrected chi connectivity index (χ0v) is 16.8. The fraction of sp³-hybridized carbons (Fsp3) is 0.435. The molecule has 0 bridgehead atoms. The molecule has 29 heavy (non-hydrogen) atoms. The average Bonchev–Trinajstić information content (AvgIpc) is 3.18. The van der Waals surface area contributed by atoms with Crippen molar-refractivity contribution in [3.8, 4) is 0 Å². The first-order valence-corrected chi connectivity index (χ1v) is 10.5. The second kappa shape index (κ2) is 7.59. The molecule has 0 atom stereocenters. The number of fused-ring (bicyclic) bond motifs is 2. The number of hydrogen-bond acceptors (Lipinski definition) is 5. The Morgan fingerprint density at radius 2 is 1.90 bits per heavy atom. The lowest BCUT2D eigenvalue weighted by Gasteiger charge is -2.34. The lowest BCUT2D eigenvalue weighted by Crippen LogP contribution is -2.44. The van der Waals surface area contributed by atoms with Gasteiger partial charge in [0.05, 0.1) is 5.69 Å². The Balaban J connectivity index is 1.17. The molecule has 0 unspecified atom stereocenters. The van der Waals surface area contributed by atoms with Gasteiger partial charge in [-0.25, -0.2) is 4.98 Å². The summed E-state index contributed by atoms with van der Waals surface area (Å²) in [4.78, 5) is 21.7. The van der Waals surface area contributed by atoms with Gasteiger partial charge in [-0.05, 0) is 63.0 Å². The first kappa shape index (κ1) is 18.3. The number of carbonyl (C=O) groups is 1. The smallest absolute Gasteiger partial charge is 0.272 e. The highest BCUT2D eigenvalue weighted by molar-refractivity contribution is 5.94. The van der Waals surface area contributed by atoms with Crippen LogP contribution in [-0.2, 0) is 6.42 Å². The second-order valence-electron chi connectivity index (χ2n) is 8.18. The van der Waals surface area contributed by atoms with Gasteiger partial charge in [0.1, 0.15) is 5.69 Å². The third-order valence-corrected chi connectivity index (χ3v) is 6.32. The first-order chi connectivity index (χ1) is 14.2. The zero-order chi connectivity index (χ0) is 19.8. The van der Waals surface area contributed by atoms with Gasteiger partial charge in [-0.3, -0.25) is 4.79 Å². The van der Waals surface area contributed by atoms with E-state index in [2.05, 4.69) is 21.1 Å². The summed E-state index contributed by atoms with van der Waals surface area (Å²) in [6.45, 7) is 6.47. The van der Waals surface area contributed by atoms with E-state index in [9.17, 15) is 4.79 Å². The van der Waals surface area contributed by atoms with Crippen LogP contribution in [0.25, 0.3) is 11.0 Å². The van der Waals surface area contributed by atoms with E-state index in [0.29, 0.717) is 11.6 Å². The average molecular weight is 390 g/mol. The number of pyridine rings is 1. The van der Waals surface area contributed by atoms with Gasteiger partial charge in [0.15, 0.2) is 5.58 Å². The minimum Gasteiger partial charge on any atom is -0.356 e. The quantitative estimate of drug-likeness (QED) is 0.683. The monoisotopic (exact) mass is 390 g/mol. The molecular formula is C23H26N4O2. The topological polar surface area (TPSA) is 62.5 Å². The van der Waals surface area contributed by atoms with Gasteiger partial charge >= 0.3 is 0 Å². The highest BCUT2D eigenvalue weighted by Gasteiger charge is 2.28. The largest absolute Gasteiger partial charge is 0.356 e. The minimum absolute atomic E-state index is 0.0823. The van der Waals surface area contributed by atoms with E-state index < -0.39 is 0 Å². The number of para-hydroxylation sites is 1. The van der Waals surface area contributed by atoms with Crippen molar-refractivity contribution in [1.29, 1.82) is 0 Å². The third-order valence-electron chi connectivity index (χ3n) is 6.32. The van der Waals surface area contributed by atoms with E-state index in [0.717, 1.165) is 79.9 Å². The normalized spacial score (nSPS) is 18.4. The number of hydrogen-bond donors (Lipinski definition) is 0. The molecule has 150 valence electrons. The Morgan fingerprint density at radius 3 is 2.76 bits per heavy atom. The number of likely N-dealkylation sites (tertiary alicyclic amines) is 1. The number of rotatable bonds is 4. The molecule has 1 fully saturated rings. The summed E-state index contributed by atoms with van der Waals surface area (Å²) in [7, 11) is 0. The second-order valence-corrected chi connectivity index (χ2v) is 8.18. The Labute approximate surface area is 170 Å². The lowest BCUT2D eigenvalue weighted by atomic mass is 9.91. The molecular weight excluding hydrogens is 364 g/mol. The SMILES string of the molecule is Cc1ccc2c(n1)C(=O)N(CCN1CCC(c3noc4ccccc34)CC1)CC2. The van der Waals surface area contributed by atoms with Crippen molar-refractivity contribution in [2.24, 2.45) is 0 Å². The van der Waals surface area contributed by atoms with E-state index in [4.69, 9.17) is 4.52 Å². The van der Waals surface area contributed by atoms with E-state index >= 15 is 0 Å². The Kier molecular flexibility index (Phi) is 4.79. The Morgan fingerprint density at radius 1 is 1.07 bits per heavy atom. The van der Waals surface area contributed by atoms with E-state index in [1.165, 1.54) is 0 Å². The van der Waals surface area contributed by atoms with Crippen molar-refractivity contribution in [1.82, 2.24) is 19.9 Å². The standard InChI is InChI=1S/C23H26N4O2/c1-16-6-7-17-10-13-27(23(28)22(17)24-16)15-14-26-11-8-18(9-12-26)21-19-4-2-3-5-20(19)29-25-21/h2-7,18H,8-15H2,1H3. The van der Waals surface area contributed by atoms with Crippen LogP contribution in [0.15, 0.2) is 40.9 Å². The van der Waals surface area contributed by atoms with Gasteiger partial charge < -0.3 is 14.3 Å². The Hall–Kier alpha value is -2.73. The number of piperidine rings is 1. The van der Waals surface area contributed by atoms with Gasteiger partial charge in [0, 0.05) is 36.6 Å². The molecule has 4 heterocycles. The van der Waals surface area contributed by atoms with Gasteiger partial charge in [-0.1, -0.05) is 23.4 Å². The van der Waals surface area contributed by atoms with Crippen LogP contribution in [0, 0.1) is 6.92 Å². The van der Waals surface area contributed by atoms with Crippen LogP contribution in [0.5, 0.6) is 0 Å². The number of benzene rings is 1. The van der Waals surface area contributed by atoms with Crippen LogP contribution in [0.3, 0.4) is 0 Å². The summed E-state index contributed by atoms with van der Waals surface area (Å²) in [6.07, 6.45) is 3.05. The van der Waals surface area contributed by atoms with Crippen LogP contribution in [0.2, 0.25) is 0 Å². The molecule has 1 saturated heterocycles. The number of aromatic nitrogens is 2. The molecule has 0 N–H and O–H groups in total. The predicted octanol–water partition coefficient (Wildman–Crippen LogP) is 3.41.